The highest BCUT2D eigenvalue weighted by atomic mass is 16.5. The smallest absolute Gasteiger partial charge is 0.274 e. The summed E-state index contributed by atoms with van der Waals surface area (Å²) in [6, 6.07) is 5.13. The van der Waals surface area contributed by atoms with Crippen molar-refractivity contribution in [3.05, 3.63) is 29.3 Å². The SMILES string of the molecule is C[C@H]1CNCc2ccc(C(=O)NO)cc2O1. The van der Waals surface area contributed by atoms with Crippen molar-refractivity contribution in [3.8, 4) is 5.75 Å². The van der Waals surface area contributed by atoms with E-state index in [2.05, 4.69) is 5.32 Å². The topological polar surface area (TPSA) is 70.6 Å². The van der Waals surface area contributed by atoms with Gasteiger partial charge in [0.1, 0.15) is 11.9 Å². The molecule has 1 amide bonds. The van der Waals surface area contributed by atoms with Crippen molar-refractivity contribution >= 4 is 5.91 Å². The van der Waals surface area contributed by atoms with Crippen LogP contribution in [0.4, 0.5) is 0 Å². The first-order valence-corrected chi connectivity index (χ1v) is 5.15. The number of benzene rings is 1. The Labute approximate surface area is 93.4 Å². The number of amides is 1. The van der Waals surface area contributed by atoms with Gasteiger partial charge in [-0.15, -0.1) is 0 Å². The highest BCUT2D eigenvalue weighted by molar-refractivity contribution is 5.93. The first kappa shape index (κ1) is 10.9. The quantitative estimate of drug-likeness (QED) is 0.482. The second kappa shape index (κ2) is 4.51. The summed E-state index contributed by atoms with van der Waals surface area (Å²) in [5, 5.41) is 11.8. The maximum atomic E-state index is 11.2. The standard InChI is InChI=1S/C11H14N2O3/c1-7-5-12-6-9-3-2-8(11(14)13-15)4-10(9)16-7/h2-4,7,12,15H,5-6H2,1H3,(H,13,14)/t7-/m0/s1. The van der Waals surface area contributed by atoms with Gasteiger partial charge in [-0.25, -0.2) is 5.48 Å². The average Bonchev–Trinajstić information content (AvgIpc) is 2.47. The Morgan fingerprint density at radius 1 is 1.62 bits per heavy atom. The van der Waals surface area contributed by atoms with Crippen LogP contribution in [0.1, 0.15) is 22.8 Å². The van der Waals surface area contributed by atoms with E-state index in [1.165, 1.54) is 0 Å². The van der Waals surface area contributed by atoms with Gasteiger partial charge in [-0.05, 0) is 19.1 Å². The Morgan fingerprint density at radius 3 is 3.19 bits per heavy atom. The first-order valence-electron chi connectivity index (χ1n) is 5.15. The number of fused-ring (bicyclic) bond motifs is 1. The lowest BCUT2D eigenvalue weighted by molar-refractivity contribution is 0.0705. The van der Waals surface area contributed by atoms with Crippen molar-refractivity contribution < 1.29 is 14.7 Å². The molecule has 2 rings (SSSR count). The van der Waals surface area contributed by atoms with E-state index in [4.69, 9.17) is 9.94 Å². The zero-order valence-corrected chi connectivity index (χ0v) is 8.99. The van der Waals surface area contributed by atoms with E-state index in [-0.39, 0.29) is 6.10 Å². The summed E-state index contributed by atoms with van der Waals surface area (Å²) >= 11 is 0. The van der Waals surface area contributed by atoms with Gasteiger partial charge in [-0.1, -0.05) is 6.07 Å². The van der Waals surface area contributed by atoms with Crippen molar-refractivity contribution in [3.63, 3.8) is 0 Å². The number of ether oxygens (including phenoxy) is 1. The van der Waals surface area contributed by atoms with Gasteiger partial charge < -0.3 is 10.1 Å². The summed E-state index contributed by atoms with van der Waals surface area (Å²) in [7, 11) is 0. The molecule has 0 fully saturated rings. The van der Waals surface area contributed by atoms with Crippen molar-refractivity contribution in [2.45, 2.75) is 19.6 Å². The average molecular weight is 222 g/mol. The van der Waals surface area contributed by atoms with Gasteiger partial charge in [-0.2, -0.15) is 0 Å². The molecule has 0 radical (unpaired) electrons. The molecule has 5 heteroatoms. The molecule has 1 aromatic rings. The molecule has 16 heavy (non-hydrogen) atoms. The van der Waals surface area contributed by atoms with Gasteiger partial charge >= 0.3 is 0 Å². The van der Waals surface area contributed by atoms with Crippen molar-refractivity contribution in [2.24, 2.45) is 0 Å². The van der Waals surface area contributed by atoms with Gasteiger partial charge in [0, 0.05) is 24.2 Å². The van der Waals surface area contributed by atoms with E-state index < -0.39 is 5.91 Å². The third-order valence-corrected chi connectivity index (χ3v) is 2.51. The minimum absolute atomic E-state index is 0.0636. The van der Waals surface area contributed by atoms with Crippen LogP contribution < -0.4 is 15.5 Å². The monoisotopic (exact) mass is 222 g/mol. The lowest BCUT2D eigenvalue weighted by Gasteiger charge is -2.12. The van der Waals surface area contributed by atoms with E-state index in [1.807, 2.05) is 13.0 Å². The Kier molecular flexibility index (Phi) is 3.07. The van der Waals surface area contributed by atoms with Gasteiger partial charge in [0.05, 0.1) is 0 Å². The fourth-order valence-electron chi connectivity index (χ4n) is 1.68. The molecule has 1 aliphatic rings. The minimum Gasteiger partial charge on any atom is -0.489 e. The van der Waals surface area contributed by atoms with Gasteiger partial charge in [0.2, 0.25) is 0 Å². The van der Waals surface area contributed by atoms with Crippen molar-refractivity contribution in [1.82, 2.24) is 10.8 Å². The summed E-state index contributed by atoms with van der Waals surface area (Å²) < 4.78 is 5.67. The second-order valence-electron chi connectivity index (χ2n) is 3.82. The third kappa shape index (κ3) is 2.15. The molecule has 0 bridgehead atoms. The molecule has 1 aromatic carbocycles. The lowest BCUT2D eigenvalue weighted by Crippen LogP contribution is -2.25. The summed E-state index contributed by atoms with van der Waals surface area (Å²) in [5.41, 5.74) is 3.00. The number of carbonyl (C=O) groups excluding carboxylic acids is 1. The zero-order valence-electron chi connectivity index (χ0n) is 8.99. The lowest BCUT2D eigenvalue weighted by atomic mass is 10.1. The molecular formula is C11H14N2O3. The number of rotatable bonds is 1. The fourth-order valence-corrected chi connectivity index (χ4v) is 1.68. The highest BCUT2D eigenvalue weighted by Crippen LogP contribution is 2.23. The van der Waals surface area contributed by atoms with Crippen LogP contribution >= 0.6 is 0 Å². The van der Waals surface area contributed by atoms with Crippen LogP contribution in [0, 0.1) is 0 Å². The maximum absolute atomic E-state index is 11.2. The van der Waals surface area contributed by atoms with Crippen LogP contribution in [0.25, 0.3) is 0 Å². The normalized spacial score (nSPS) is 19.2. The molecule has 0 saturated carbocycles. The van der Waals surface area contributed by atoms with Crippen LogP contribution in [0.5, 0.6) is 5.75 Å². The molecule has 1 atom stereocenters. The summed E-state index contributed by atoms with van der Waals surface area (Å²) in [6.45, 7) is 3.46. The number of hydrogen-bond acceptors (Lipinski definition) is 4. The van der Waals surface area contributed by atoms with Gasteiger partial charge in [-0.3, -0.25) is 10.0 Å². The Hall–Kier alpha value is -1.59. The van der Waals surface area contributed by atoms with Crippen molar-refractivity contribution in [2.75, 3.05) is 6.54 Å². The largest absolute Gasteiger partial charge is 0.489 e. The maximum Gasteiger partial charge on any atom is 0.274 e. The number of hydrogen-bond donors (Lipinski definition) is 3. The van der Waals surface area contributed by atoms with Crippen LogP contribution in [-0.4, -0.2) is 23.8 Å². The molecule has 0 aromatic heterocycles. The van der Waals surface area contributed by atoms with Crippen LogP contribution in [0.2, 0.25) is 0 Å². The number of carbonyl (C=O) groups is 1. The van der Waals surface area contributed by atoms with E-state index >= 15 is 0 Å². The molecule has 0 saturated heterocycles. The summed E-state index contributed by atoms with van der Waals surface area (Å²) in [4.78, 5) is 11.2. The Morgan fingerprint density at radius 2 is 2.44 bits per heavy atom. The number of nitrogens with one attached hydrogen (secondary N) is 2. The predicted octanol–water partition coefficient (Wildman–Crippen LogP) is 0.676. The molecule has 1 aliphatic heterocycles. The first-order chi connectivity index (χ1) is 7.70. The molecular weight excluding hydrogens is 208 g/mol. The van der Waals surface area contributed by atoms with E-state index in [0.717, 1.165) is 18.7 Å². The van der Waals surface area contributed by atoms with Crippen LogP contribution in [0.3, 0.4) is 0 Å². The molecule has 0 spiro atoms. The summed E-state index contributed by atoms with van der Waals surface area (Å²) in [5.74, 6) is 0.162. The van der Waals surface area contributed by atoms with E-state index in [9.17, 15) is 4.79 Å². The zero-order chi connectivity index (χ0) is 11.5. The van der Waals surface area contributed by atoms with E-state index in [0.29, 0.717) is 11.3 Å². The Balaban J connectivity index is 2.33. The second-order valence-corrected chi connectivity index (χ2v) is 3.82. The van der Waals surface area contributed by atoms with Gasteiger partial charge in [0.25, 0.3) is 5.91 Å². The molecule has 3 N–H and O–H groups in total. The third-order valence-electron chi connectivity index (χ3n) is 2.51. The molecule has 0 aliphatic carbocycles. The summed E-state index contributed by atoms with van der Waals surface area (Å²) in [6.07, 6.45) is 0.0636. The van der Waals surface area contributed by atoms with Crippen LogP contribution in [-0.2, 0) is 6.54 Å². The van der Waals surface area contributed by atoms with Gasteiger partial charge in [0.15, 0.2) is 0 Å². The fraction of sp³-hybridized carbons (Fsp3) is 0.364. The van der Waals surface area contributed by atoms with Crippen molar-refractivity contribution in [1.29, 1.82) is 0 Å². The highest BCUT2D eigenvalue weighted by Gasteiger charge is 2.15. The minimum atomic E-state index is -0.531. The molecule has 1 heterocycles. The Bertz CT molecular complexity index is 406. The predicted molar refractivity (Wildman–Crippen MR) is 57.5 cm³/mol. The molecule has 86 valence electrons. The number of hydroxylamine groups is 1. The molecule has 0 unspecified atom stereocenters. The van der Waals surface area contributed by atoms with Crippen LogP contribution in [0.15, 0.2) is 18.2 Å². The molecule has 5 nitrogen and oxygen atoms in total. The van der Waals surface area contributed by atoms with E-state index in [1.54, 1.807) is 17.6 Å².